The number of hydrogen-bond donors (Lipinski definition) is 2. The maximum absolute atomic E-state index is 13.0. The predicted molar refractivity (Wildman–Crippen MR) is 116 cm³/mol. The second-order valence-corrected chi connectivity index (χ2v) is 8.89. The van der Waals surface area contributed by atoms with E-state index in [4.69, 9.17) is 4.42 Å². The van der Waals surface area contributed by atoms with Crippen molar-refractivity contribution in [3.8, 4) is 0 Å². The van der Waals surface area contributed by atoms with E-state index < -0.39 is 6.04 Å². The quantitative estimate of drug-likeness (QED) is 0.738. The van der Waals surface area contributed by atoms with Crippen LogP contribution in [0, 0.1) is 11.8 Å². The first-order valence-corrected chi connectivity index (χ1v) is 11.0. The highest BCUT2D eigenvalue weighted by Gasteiger charge is 2.37. The van der Waals surface area contributed by atoms with Crippen LogP contribution in [0.1, 0.15) is 37.6 Å². The van der Waals surface area contributed by atoms with Gasteiger partial charge in [-0.05, 0) is 36.5 Å². The summed E-state index contributed by atoms with van der Waals surface area (Å²) in [7, 11) is 0. The van der Waals surface area contributed by atoms with E-state index in [1.807, 2.05) is 36.6 Å². The molecule has 2 aliphatic heterocycles. The van der Waals surface area contributed by atoms with Crippen molar-refractivity contribution in [2.24, 2.45) is 11.8 Å². The number of hydrogen-bond acceptors (Lipinski definition) is 4. The second-order valence-electron chi connectivity index (χ2n) is 8.89. The first-order valence-electron chi connectivity index (χ1n) is 11.0. The van der Waals surface area contributed by atoms with Crippen molar-refractivity contribution in [2.75, 3.05) is 19.6 Å². The Balaban J connectivity index is 1.37. The van der Waals surface area contributed by atoms with Crippen LogP contribution in [0.2, 0.25) is 0 Å². The van der Waals surface area contributed by atoms with Gasteiger partial charge in [-0.25, -0.2) is 4.79 Å². The largest absolute Gasteiger partial charge is 0.469 e. The standard InChI is InChI=1S/C23H30N4O4/c1-15(2)21(22(29)24-9-8-18-5-4-10-31-18)25-23(30)26-12-16-11-17(14-26)19-6-3-7-20(28)27(19)13-16/h3-7,10,15-17,21H,8-9,11-14H2,1-2H3,(H,24,29)(H,25,30)/t16-,17+,21-/m1/s1. The van der Waals surface area contributed by atoms with Gasteiger partial charge < -0.3 is 24.5 Å². The van der Waals surface area contributed by atoms with Gasteiger partial charge in [0.25, 0.3) is 5.56 Å². The summed E-state index contributed by atoms with van der Waals surface area (Å²) in [6.45, 7) is 6.07. The molecule has 3 amide bonds. The van der Waals surface area contributed by atoms with Crippen LogP contribution < -0.4 is 16.2 Å². The van der Waals surface area contributed by atoms with Gasteiger partial charge >= 0.3 is 6.03 Å². The van der Waals surface area contributed by atoms with Crippen molar-refractivity contribution in [2.45, 2.75) is 45.2 Å². The fourth-order valence-electron chi connectivity index (χ4n) is 4.70. The summed E-state index contributed by atoms with van der Waals surface area (Å²) in [5, 5.41) is 5.84. The highest BCUT2D eigenvalue weighted by atomic mass is 16.3. The van der Waals surface area contributed by atoms with E-state index in [1.165, 1.54) is 0 Å². The first-order chi connectivity index (χ1) is 14.9. The van der Waals surface area contributed by atoms with Crippen LogP contribution in [-0.2, 0) is 17.8 Å². The number of fused-ring (bicyclic) bond motifs is 4. The summed E-state index contributed by atoms with van der Waals surface area (Å²) in [4.78, 5) is 39.7. The number of aromatic nitrogens is 1. The smallest absolute Gasteiger partial charge is 0.318 e. The third kappa shape index (κ3) is 4.68. The highest BCUT2D eigenvalue weighted by Crippen LogP contribution is 2.34. The Bertz CT molecular complexity index is 982. The molecular formula is C23H30N4O4. The number of urea groups is 1. The Hall–Kier alpha value is -3.03. The number of likely N-dealkylation sites (tertiary alicyclic amines) is 1. The lowest BCUT2D eigenvalue weighted by atomic mass is 9.83. The molecule has 2 aliphatic rings. The van der Waals surface area contributed by atoms with Gasteiger partial charge in [0.2, 0.25) is 5.91 Å². The lowest BCUT2D eigenvalue weighted by Crippen LogP contribution is -2.57. The van der Waals surface area contributed by atoms with E-state index in [1.54, 1.807) is 23.3 Å². The summed E-state index contributed by atoms with van der Waals surface area (Å²) in [5.41, 5.74) is 1.02. The van der Waals surface area contributed by atoms with Crippen molar-refractivity contribution >= 4 is 11.9 Å². The summed E-state index contributed by atoms with van der Waals surface area (Å²) in [6.07, 6.45) is 3.19. The highest BCUT2D eigenvalue weighted by molar-refractivity contribution is 5.87. The van der Waals surface area contributed by atoms with Gasteiger partial charge in [-0.3, -0.25) is 9.59 Å². The van der Waals surface area contributed by atoms with Crippen LogP contribution in [0.5, 0.6) is 0 Å². The molecule has 4 rings (SSSR count). The van der Waals surface area contributed by atoms with Crippen LogP contribution >= 0.6 is 0 Å². The van der Waals surface area contributed by atoms with Crippen molar-refractivity contribution in [3.63, 3.8) is 0 Å². The molecule has 166 valence electrons. The molecule has 8 nitrogen and oxygen atoms in total. The van der Waals surface area contributed by atoms with E-state index in [2.05, 4.69) is 10.6 Å². The van der Waals surface area contributed by atoms with Gasteiger partial charge in [0.05, 0.1) is 6.26 Å². The SMILES string of the molecule is CC(C)[C@@H](NC(=O)N1C[C@H]2C[C@@H](C1)c1cccc(=O)n1C2)C(=O)NCCc1ccco1. The zero-order valence-corrected chi connectivity index (χ0v) is 18.0. The Labute approximate surface area is 181 Å². The van der Waals surface area contributed by atoms with Gasteiger partial charge in [-0.15, -0.1) is 0 Å². The summed E-state index contributed by atoms with van der Waals surface area (Å²) in [6, 6.07) is 8.21. The molecule has 0 aromatic carbocycles. The summed E-state index contributed by atoms with van der Waals surface area (Å²) >= 11 is 0. The number of nitrogens with zero attached hydrogens (tertiary/aromatic N) is 2. The molecule has 2 bridgehead atoms. The zero-order chi connectivity index (χ0) is 22.0. The van der Waals surface area contributed by atoms with E-state index in [-0.39, 0.29) is 35.3 Å². The molecule has 0 aliphatic carbocycles. The van der Waals surface area contributed by atoms with Crippen molar-refractivity contribution in [3.05, 3.63) is 58.4 Å². The third-order valence-corrected chi connectivity index (χ3v) is 6.25. The van der Waals surface area contributed by atoms with Gasteiger partial charge in [-0.1, -0.05) is 19.9 Å². The topological polar surface area (TPSA) is 96.6 Å². The number of amides is 3. The molecule has 2 aromatic rings. The Kier molecular flexibility index (Phi) is 6.15. The van der Waals surface area contributed by atoms with Gasteiger partial charge in [0.15, 0.2) is 0 Å². The fraction of sp³-hybridized carbons (Fsp3) is 0.522. The summed E-state index contributed by atoms with van der Waals surface area (Å²) < 4.78 is 7.13. The van der Waals surface area contributed by atoms with E-state index in [9.17, 15) is 14.4 Å². The fourth-order valence-corrected chi connectivity index (χ4v) is 4.70. The Morgan fingerprint density at radius 1 is 1.16 bits per heavy atom. The average Bonchev–Trinajstić information content (AvgIpc) is 3.25. The molecule has 0 unspecified atom stereocenters. The number of furan rings is 1. The Morgan fingerprint density at radius 3 is 2.74 bits per heavy atom. The molecule has 2 aromatic heterocycles. The molecule has 0 saturated carbocycles. The molecule has 0 radical (unpaired) electrons. The van der Waals surface area contributed by atoms with Crippen molar-refractivity contribution in [1.29, 1.82) is 0 Å². The molecule has 1 saturated heterocycles. The molecule has 31 heavy (non-hydrogen) atoms. The van der Waals surface area contributed by atoms with E-state index >= 15 is 0 Å². The number of piperidine rings is 1. The Morgan fingerprint density at radius 2 is 2.00 bits per heavy atom. The van der Waals surface area contributed by atoms with Crippen LogP contribution in [0.15, 0.2) is 45.8 Å². The zero-order valence-electron chi connectivity index (χ0n) is 18.0. The van der Waals surface area contributed by atoms with Gasteiger partial charge in [0.1, 0.15) is 11.8 Å². The van der Waals surface area contributed by atoms with Crippen molar-refractivity contribution in [1.82, 2.24) is 20.1 Å². The molecular weight excluding hydrogens is 396 g/mol. The van der Waals surface area contributed by atoms with Crippen LogP contribution in [0.25, 0.3) is 0 Å². The minimum absolute atomic E-state index is 0.0243. The number of pyridine rings is 1. The molecule has 0 spiro atoms. The number of carbonyl (C=O) groups excluding carboxylic acids is 2. The summed E-state index contributed by atoms with van der Waals surface area (Å²) in [5.74, 6) is 0.966. The lowest BCUT2D eigenvalue weighted by molar-refractivity contribution is -0.123. The van der Waals surface area contributed by atoms with E-state index in [0.29, 0.717) is 32.6 Å². The predicted octanol–water partition coefficient (Wildman–Crippen LogP) is 1.95. The van der Waals surface area contributed by atoms with Gasteiger partial charge in [-0.2, -0.15) is 0 Å². The first kappa shape index (κ1) is 21.2. The number of rotatable bonds is 6. The van der Waals surface area contributed by atoms with Crippen LogP contribution in [0.3, 0.4) is 0 Å². The van der Waals surface area contributed by atoms with Crippen LogP contribution in [-0.4, -0.2) is 47.1 Å². The molecule has 8 heteroatoms. The monoisotopic (exact) mass is 426 g/mol. The maximum Gasteiger partial charge on any atom is 0.318 e. The van der Waals surface area contributed by atoms with E-state index in [0.717, 1.165) is 17.9 Å². The second kappa shape index (κ2) is 8.99. The molecule has 3 atom stereocenters. The maximum atomic E-state index is 13.0. The minimum atomic E-state index is -0.610. The van der Waals surface area contributed by atoms with Gasteiger partial charge in [0, 0.05) is 50.3 Å². The normalized spacial score (nSPS) is 20.8. The third-order valence-electron chi connectivity index (χ3n) is 6.25. The molecule has 1 fully saturated rings. The number of carbonyl (C=O) groups is 2. The lowest BCUT2D eigenvalue weighted by Gasteiger charge is -2.43. The minimum Gasteiger partial charge on any atom is -0.469 e. The molecule has 2 N–H and O–H groups in total. The van der Waals surface area contributed by atoms with Crippen LogP contribution in [0.4, 0.5) is 4.79 Å². The average molecular weight is 427 g/mol. The molecule has 4 heterocycles. The van der Waals surface area contributed by atoms with Crippen molar-refractivity contribution < 1.29 is 14.0 Å². The number of nitrogens with one attached hydrogen (secondary N) is 2.